The second kappa shape index (κ2) is 13.3. The van der Waals surface area contributed by atoms with Gasteiger partial charge in [-0.15, -0.1) is 11.3 Å². The van der Waals surface area contributed by atoms with Crippen molar-refractivity contribution in [2.75, 3.05) is 11.9 Å². The van der Waals surface area contributed by atoms with Crippen molar-refractivity contribution in [2.24, 2.45) is 5.92 Å². The van der Waals surface area contributed by atoms with E-state index in [1.54, 1.807) is 52.0 Å². The summed E-state index contributed by atoms with van der Waals surface area (Å²) in [6.07, 6.45) is -0.360. The first-order chi connectivity index (χ1) is 20.3. The molecule has 0 aliphatic rings. The van der Waals surface area contributed by atoms with Crippen LogP contribution in [0.5, 0.6) is 0 Å². The predicted molar refractivity (Wildman–Crippen MR) is 166 cm³/mol. The molecule has 4 rings (SSSR count). The molecule has 3 aromatic carbocycles. The van der Waals surface area contributed by atoms with Crippen LogP contribution in [0.3, 0.4) is 0 Å². The zero-order valence-electron chi connectivity index (χ0n) is 24.2. The maximum absolute atomic E-state index is 13.6. The Balaban J connectivity index is 1.51. The van der Waals surface area contributed by atoms with Crippen molar-refractivity contribution >= 4 is 49.3 Å². The lowest BCUT2D eigenvalue weighted by molar-refractivity contribution is -0.119. The van der Waals surface area contributed by atoms with Gasteiger partial charge in [0.15, 0.2) is 0 Å². The van der Waals surface area contributed by atoms with E-state index in [4.69, 9.17) is 4.74 Å². The average Bonchev–Trinajstić information content (AvgIpc) is 3.39. The van der Waals surface area contributed by atoms with Crippen molar-refractivity contribution in [1.82, 2.24) is 15.0 Å². The normalized spacial score (nSPS) is 13.1. The number of nitrogens with zero attached hydrogens (tertiary/aromatic N) is 2. The molecule has 1 aromatic heterocycles. The Kier molecular flexibility index (Phi) is 9.80. The number of hydrogen-bond donors (Lipinski definition) is 3. The Morgan fingerprint density at radius 2 is 1.79 bits per heavy atom. The van der Waals surface area contributed by atoms with Gasteiger partial charge in [0.2, 0.25) is 15.9 Å². The van der Waals surface area contributed by atoms with Crippen LogP contribution in [0.4, 0.5) is 10.5 Å². The van der Waals surface area contributed by atoms with E-state index in [0.717, 1.165) is 15.8 Å². The number of anilines is 1. The molecular weight excluding hydrogens is 587 g/mol. The molecule has 0 radical (unpaired) electrons. The molecule has 0 aliphatic heterocycles. The Labute approximate surface area is 255 Å². The quantitative estimate of drug-likeness (QED) is 0.211. The lowest BCUT2D eigenvalue weighted by Crippen LogP contribution is -2.37. The van der Waals surface area contributed by atoms with Gasteiger partial charge < -0.3 is 15.4 Å². The van der Waals surface area contributed by atoms with Gasteiger partial charge in [-0.3, -0.25) is 4.79 Å². The number of carbonyl (C=O) groups excluding carboxylic acids is 2. The molecule has 12 heteroatoms. The summed E-state index contributed by atoms with van der Waals surface area (Å²) in [4.78, 5) is 29.4. The second-order valence-electron chi connectivity index (χ2n) is 11.0. The molecule has 0 bridgehead atoms. The first kappa shape index (κ1) is 31.6. The standard InChI is InChI=1S/C31H33N5O5S2/c1-20(19-33-30(38)41-31(2,3)4)28(37)34-23-11-8-12-24(17-23)43(39,40)36-26(16-21-9-7-10-22(15-21)18-32)29-35-25-13-5-6-14-27(25)42-29/h5-15,17,20,26,36H,16,19H2,1-4H3,(H,33,38)(H,34,37)/t20-,26?/m1/s1. The number of hydrogen-bond acceptors (Lipinski definition) is 8. The summed E-state index contributed by atoms with van der Waals surface area (Å²) in [7, 11) is -4.07. The predicted octanol–water partition coefficient (Wildman–Crippen LogP) is 5.53. The number of fused-ring (bicyclic) bond motifs is 1. The van der Waals surface area contributed by atoms with Crippen LogP contribution in [0.15, 0.2) is 77.7 Å². The van der Waals surface area contributed by atoms with Crippen molar-refractivity contribution in [2.45, 2.75) is 50.7 Å². The van der Waals surface area contributed by atoms with Gasteiger partial charge in [0, 0.05) is 12.2 Å². The highest BCUT2D eigenvalue weighted by Crippen LogP contribution is 2.30. The number of nitriles is 1. The Morgan fingerprint density at radius 3 is 2.51 bits per heavy atom. The minimum atomic E-state index is -4.07. The first-order valence-corrected chi connectivity index (χ1v) is 15.9. The number of amides is 2. The maximum Gasteiger partial charge on any atom is 0.407 e. The first-order valence-electron chi connectivity index (χ1n) is 13.6. The third-order valence-corrected chi connectivity index (χ3v) is 8.83. The summed E-state index contributed by atoms with van der Waals surface area (Å²) in [5.41, 5.74) is 1.64. The third-order valence-electron chi connectivity index (χ3n) is 6.21. The molecule has 224 valence electrons. The number of nitrogens with one attached hydrogen (secondary N) is 3. The average molecular weight is 620 g/mol. The smallest absolute Gasteiger partial charge is 0.407 e. The molecular formula is C31H33N5O5S2. The molecule has 2 atom stereocenters. The number of sulfonamides is 1. The number of rotatable bonds is 10. The molecule has 0 saturated carbocycles. The topological polar surface area (TPSA) is 150 Å². The van der Waals surface area contributed by atoms with Crippen LogP contribution >= 0.6 is 11.3 Å². The molecule has 0 aliphatic carbocycles. The van der Waals surface area contributed by atoms with E-state index in [1.807, 2.05) is 30.3 Å². The zero-order valence-corrected chi connectivity index (χ0v) is 25.9. The van der Waals surface area contributed by atoms with Gasteiger partial charge in [-0.1, -0.05) is 37.3 Å². The van der Waals surface area contributed by atoms with Crippen molar-refractivity contribution in [3.8, 4) is 6.07 Å². The van der Waals surface area contributed by atoms with Crippen LogP contribution in [0.2, 0.25) is 0 Å². The molecule has 10 nitrogen and oxygen atoms in total. The fourth-order valence-electron chi connectivity index (χ4n) is 4.13. The third kappa shape index (κ3) is 8.84. The fraction of sp³-hybridized carbons (Fsp3) is 0.290. The number of carbonyl (C=O) groups is 2. The highest BCUT2D eigenvalue weighted by atomic mass is 32.2. The molecule has 4 aromatic rings. The number of thiazole rings is 1. The fourth-order valence-corrected chi connectivity index (χ4v) is 6.47. The molecule has 2 amide bonds. The van der Waals surface area contributed by atoms with Crippen LogP contribution in [0.25, 0.3) is 10.2 Å². The summed E-state index contributed by atoms with van der Waals surface area (Å²) in [5, 5.41) is 15.2. The van der Waals surface area contributed by atoms with Crippen LogP contribution < -0.4 is 15.4 Å². The highest BCUT2D eigenvalue weighted by molar-refractivity contribution is 7.89. The van der Waals surface area contributed by atoms with E-state index < -0.39 is 39.6 Å². The monoisotopic (exact) mass is 619 g/mol. The van der Waals surface area contributed by atoms with E-state index in [1.165, 1.54) is 29.5 Å². The molecule has 0 fully saturated rings. The van der Waals surface area contributed by atoms with Gasteiger partial charge in [0.05, 0.1) is 38.7 Å². The van der Waals surface area contributed by atoms with Crippen molar-refractivity contribution in [3.63, 3.8) is 0 Å². The lowest BCUT2D eigenvalue weighted by Gasteiger charge is -2.20. The molecule has 1 heterocycles. The van der Waals surface area contributed by atoms with Gasteiger partial charge in [0.1, 0.15) is 10.6 Å². The van der Waals surface area contributed by atoms with Crippen molar-refractivity contribution < 1.29 is 22.7 Å². The summed E-state index contributed by atoms with van der Waals surface area (Å²) in [6.45, 7) is 6.90. The molecule has 0 saturated heterocycles. The molecule has 1 unspecified atom stereocenters. The molecule has 3 N–H and O–H groups in total. The van der Waals surface area contributed by atoms with E-state index in [0.29, 0.717) is 10.6 Å². The number of ether oxygens (including phenoxy) is 1. The van der Waals surface area contributed by atoms with Gasteiger partial charge in [-0.2, -0.15) is 5.26 Å². The van der Waals surface area contributed by atoms with Gasteiger partial charge >= 0.3 is 6.09 Å². The van der Waals surface area contributed by atoms with Crippen LogP contribution in [-0.2, 0) is 26.0 Å². The Hall–Kier alpha value is -4.31. The second-order valence-corrected chi connectivity index (χ2v) is 13.8. The SMILES string of the molecule is C[C@H](CNC(=O)OC(C)(C)C)C(=O)Nc1cccc(S(=O)(=O)NC(Cc2cccc(C#N)c2)c2nc3ccccc3s2)c1. The van der Waals surface area contributed by atoms with Crippen LogP contribution in [-0.4, -0.2) is 37.5 Å². The number of benzene rings is 3. The minimum Gasteiger partial charge on any atom is -0.444 e. The van der Waals surface area contributed by atoms with E-state index >= 15 is 0 Å². The number of para-hydroxylation sites is 1. The molecule has 43 heavy (non-hydrogen) atoms. The Bertz CT molecular complexity index is 1740. The van der Waals surface area contributed by atoms with E-state index in [2.05, 4.69) is 26.4 Å². The van der Waals surface area contributed by atoms with Gasteiger partial charge in [-0.05, 0) is 75.2 Å². The van der Waals surface area contributed by atoms with Gasteiger partial charge in [0.25, 0.3) is 0 Å². The highest BCUT2D eigenvalue weighted by Gasteiger charge is 2.26. The summed E-state index contributed by atoms with van der Waals surface area (Å²) >= 11 is 1.40. The summed E-state index contributed by atoms with van der Waals surface area (Å²) in [6, 6.07) is 21.9. The number of aromatic nitrogens is 1. The van der Waals surface area contributed by atoms with Crippen molar-refractivity contribution in [3.05, 3.63) is 88.9 Å². The largest absolute Gasteiger partial charge is 0.444 e. The lowest BCUT2D eigenvalue weighted by atomic mass is 10.0. The van der Waals surface area contributed by atoms with E-state index in [9.17, 15) is 23.3 Å². The Morgan fingerprint density at radius 1 is 1.05 bits per heavy atom. The van der Waals surface area contributed by atoms with Crippen LogP contribution in [0.1, 0.15) is 49.9 Å². The minimum absolute atomic E-state index is 0.0388. The van der Waals surface area contributed by atoms with Crippen LogP contribution in [0, 0.1) is 17.2 Å². The maximum atomic E-state index is 13.6. The van der Waals surface area contributed by atoms with Gasteiger partial charge in [-0.25, -0.2) is 22.9 Å². The zero-order chi connectivity index (χ0) is 31.2. The summed E-state index contributed by atoms with van der Waals surface area (Å²) in [5.74, 6) is -1.01. The van der Waals surface area contributed by atoms with Crippen molar-refractivity contribution in [1.29, 1.82) is 5.26 Å². The van der Waals surface area contributed by atoms with E-state index in [-0.39, 0.29) is 23.5 Å². The number of alkyl carbamates (subject to hydrolysis) is 1. The molecule has 0 spiro atoms. The summed E-state index contributed by atoms with van der Waals surface area (Å²) < 4.78 is 36.2.